The van der Waals surface area contributed by atoms with E-state index >= 15 is 0 Å². The van der Waals surface area contributed by atoms with E-state index in [1.54, 1.807) is 23.7 Å². The van der Waals surface area contributed by atoms with Crippen LogP contribution in [0.4, 0.5) is 5.69 Å². The Labute approximate surface area is 190 Å². The summed E-state index contributed by atoms with van der Waals surface area (Å²) in [5.41, 5.74) is 3.23. The van der Waals surface area contributed by atoms with Gasteiger partial charge in [0.1, 0.15) is 22.5 Å². The van der Waals surface area contributed by atoms with Crippen molar-refractivity contribution in [1.82, 2.24) is 9.78 Å². The lowest BCUT2D eigenvalue weighted by atomic mass is 10.1. The minimum Gasteiger partial charge on any atom is -0.495 e. The van der Waals surface area contributed by atoms with Crippen LogP contribution in [0.1, 0.15) is 22.4 Å². The predicted molar refractivity (Wildman–Crippen MR) is 122 cm³/mol. The first-order chi connectivity index (χ1) is 14.8. The molecule has 6 nitrogen and oxygen atoms in total. The fourth-order valence-corrected chi connectivity index (χ4v) is 3.45. The molecule has 3 rings (SSSR count). The summed E-state index contributed by atoms with van der Waals surface area (Å²) < 4.78 is 6.91. The molecule has 1 amide bonds. The molecule has 1 aromatic heterocycles. The van der Waals surface area contributed by atoms with E-state index in [9.17, 15) is 10.1 Å². The maximum absolute atomic E-state index is 12.8. The number of carbonyl (C=O) groups excluding carboxylic acids is 1. The summed E-state index contributed by atoms with van der Waals surface area (Å²) in [7, 11) is 1.47. The number of benzene rings is 2. The average molecular weight is 455 g/mol. The van der Waals surface area contributed by atoms with Crippen molar-refractivity contribution in [1.29, 1.82) is 5.26 Å². The van der Waals surface area contributed by atoms with Gasteiger partial charge in [0.15, 0.2) is 0 Å². The number of hydrogen-bond acceptors (Lipinski definition) is 4. The SMILES string of the molecule is COc1cc(Cl)c(C)cc1NC(=O)/C(C#N)=C/c1c(C)nn(Cc2ccccc2)c1Cl. The number of hydrogen-bond donors (Lipinski definition) is 1. The quantitative estimate of drug-likeness (QED) is 0.398. The third-order valence-corrected chi connectivity index (χ3v) is 5.47. The van der Waals surface area contributed by atoms with Crippen molar-refractivity contribution in [2.24, 2.45) is 0 Å². The number of methoxy groups -OCH3 is 1. The molecule has 3 aromatic rings. The molecule has 2 aromatic carbocycles. The largest absolute Gasteiger partial charge is 0.495 e. The molecule has 0 aliphatic rings. The zero-order valence-electron chi connectivity index (χ0n) is 17.2. The second kappa shape index (κ2) is 9.69. The highest BCUT2D eigenvalue weighted by Gasteiger charge is 2.18. The number of aryl methyl sites for hydroxylation is 2. The highest BCUT2D eigenvalue weighted by atomic mass is 35.5. The molecule has 0 saturated carbocycles. The predicted octanol–water partition coefficient (Wildman–Crippen LogP) is 5.41. The van der Waals surface area contributed by atoms with Gasteiger partial charge in [-0.15, -0.1) is 0 Å². The van der Waals surface area contributed by atoms with Gasteiger partial charge in [-0.1, -0.05) is 53.5 Å². The third-order valence-electron chi connectivity index (χ3n) is 4.67. The number of halogens is 2. The van der Waals surface area contributed by atoms with Crippen LogP contribution in [0.2, 0.25) is 10.2 Å². The topological polar surface area (TPSA) is 79.9 Å². The minimum atomic E-state index is -0.589. The fourth-order valence-electron chi connectivity index (χ4n) is 3.00. The number of nitriles is 1. The van der Waals surface area contributed by atoms with Crippen molar-refractivity contribution in [2.75, 3.05) is 12.4 Å². The molecule has 0 aliphatic heterocycles. The number of aromatic nitrogens is 2. The van der Waals surface area contributed by atoms with Gasteiger partial charge in [0.05, 0.1) is 25.0 Å². The average Bonchev–Trinajstić information content (AvgIpc) is 3.01. The van der Waals surface area contributed by atoms with Crippen LogP contribution in [0.25, 0.3) is 6.08 Å². The van der Waals surface area contributed by atoms with Crippen molar-refractivity contribution in [3.63, 3.8) is 0 Å². The second-order valence-corrected chi connectivity index (χ2v) is 7.62. The lowest BCUT2D eigenvalue weighted by Gasteiger charge is -2.12. The van der Waals surface area contributed by atoms with Crippen LogP contribution in [-0.2, 0) is 11.3 Å². The van der Waals surface area contributed by atoms with Gasteiger partial charge in [-0.2, -0.15) is 10.4 Å². The molecule has 158 valence electrons. The maximum atomic E-state index is 12.8. The molecule has 0 atom stereocenters. The van der Waals surface area contributed by atoms with E-state index in [1.807, 2.05) is 43.3 Å². The molecule has 0 bridgehead atoms. The number of rotatable bonds is 6. The van der Waals surface area contributed by atoms with Crippen LogP contribution in [0.5, 0.6) is 5.75 Å². The number of anilines is 1. The Balaban J connectivity index is 1.89. The molecule has 0 unspecified atom stereocenters. The van der Waals surface area contributed by atoms with Gasteiger partial charge in [-0.05, 0) is 37.1 Å². The standard InChI is InChI=1S/C23H20Cl2N4O2/c1-14-9-20(21(31-3)11-19(14)24)27-23(30)17(12-26)10-18-15(2)28-29(22(18)25)13-16-7-5-4-6-8-16/h4-11H,13H2,1-3H3,(H,27,30)/b17-10+. The monoisotopic (exact) mass is 454 g/mol. The summed E-state index contributed by atoms with van der Waals surface area (Å²) in [6, 6.07) is 15.0. The molecule has 0 aliphatic carbocycles. The Morgan fingerprint density at radius 1 is 1.26 bits per heavy atom. The van der Waals surface area contributed by atoms with Crippen LogP contribution in [0.15, 0.2) is 48.0 Å². The molecule has 1 heterocycles. The summed E-state index contributed by atoms with van der Waals surface area (Å²) in [6.07, 6.45) is 1.44. The number of nitrogens with zero attached hydrogens (tertiary/aromatic N) is 3. The molecular formula is C23H20Cl2N4O2. The molecule has 0 saturated heterocycles. The first kappa shape index (κ1) is 22.4. The lowest BCUT2D eigenvalue weighted by molar-refractivity contribution is -0.112. The van der Waals surface area contributed by atoms with E-state index in [-0.39, 0.29) is 5.57 Å². The fraction of sp³-hybridized carbons (Fsp3) is 0.174. The van der Waals surface area contributed by atoms with Gasteiger partial charge in [-0.25, -0.2) is 4.68 Å². The number of amides is 1. The summed E-state index contributed by atoms with van der Waals surface area (Å²) in [4.78, 5) is 12.8. The molecule has 0 fully saturated rings. The summed E-state index contributed by atoms with van der Waals surface area (Å²) >= 11 is 12.6. The lowest BCUT2D eigenvalue weighted by Crippen LogP contribution is -2.14. The molecule has 8 heteroatoms. The van der Waals surface area contributed by atoms with Gasteiger partial charge in [0.25, 0.3) is 5.91 Å². The zero-order chi connectivity index (χ0) is 22.5. The molecule has 31 heavy (non-hydrogen) atoms. The third kappa shape index (κ3) is 5.08. The number of carbonyl (C=O) groups is 1. The van der Waals surface area contributed by atoms with E-state index in [2.05, 4.69) is 10.4 Å². The Hall–Kier alpha value is -3.27. The van der Waals surface area contributed by atoms with Crippen molar-refractivity contribution in [3.8, 4) is 11.8 Å². The Bertz CT molecular complexity index is 1190. The Kier molecular flexibility index (Phi) is 7.01. The van der Waals surface area contributed by atoms with Crippen molar-refractivity contribution in [2.45, 2.75) is 20.4 Å². The second-order valence-electron chi connectivity index (χ2n) is 6.86. The first-order valence-corrected chi connectivity index (χ1v) is 10.1. The molecule has 0 radical (unpaired) electrons. The van der Waals surface area contributed by atoms with E-state index in [1.165, 1.54) is 13.2 Å². The normalized spacial score (nSPS) is 11.2. The summed E-state index contributed by atoms with van der Waals surface area (Å²) in [5, 5.41) is 17.6. The number of nitrogens with one attached hydrogen (secondary N) is 1. The van der Waals surface area contributed by atoms with Crippen LogP contribution in [0, 0.1) is 25.2 Å². The van der Waals surface area contributed by atoms with Crippen molar-refractivity contribution >= 4 is 40.9 Å². The van der Waals surface area contributed by atoms with E-state index in [4.69, 9.17) is 27.9 Å². The molecular weight excluding hydrogens is 435 g/mol. The van der Waals surface area contributed by atoms with Crippen LogP contribution in [-0.4, -0.2) is 22.8 Å². The highest BCUT2D eigenvalue weighted by Crippen LogP contribution is 2.31. The zero-order valence-corrected chi connectivity index (χ0v) is 18.8. The minimum absolute atomic E-state index is 0.112. The van der Waals surface area contributed by atoms with Gasteiger partial charge < -0.3 is 10.1 Å². The van der Waals surface area contributed by atoms with Gasteiger partial charge in [0, 0.05) is 16.7 Å². The molecule has 0 spiro atoms. The van der Waals surface area contributed by atoms with Crippen LogP contribution >= 0.6 is 23.2 Å². The van der Waals surface area contributed by atoms with Crippen LogP contribution in [0.3, 0.4) is 0 Å². The van der Waals surface area contributed by atoms with Crippen LogP contribution < -0.4 is 10.1 Å². The van der Waals surface area contributed by atoms with E-state index < -0.39 is 5.91 Å². The first-order valence-electron chi connectivity index (χ1n) is 9.38. The van der Waals surface area contributed by atoms with E-state index in [0.29, 0.717) is 39.4 Å². The Morgan fingerprint density at radius 3 is 2.61 bits per heavy atom. The Morgan fingerprint density at radius 2 is 1.97 bits per heavy atom. The van der Waals surface area contributed by atoms with E-state index in [0.717, 1.165) is 11.1 Å². The maximum Gasteiger partial charge on any atom is 0.266 e. The van der Waals surface area contributed by atoms with Crippen molar-refractivity contribution < 1.29 is 9.53 Å². The van der Waals surface area contributed by atoms with Gasteiger partial charge >= 0.3 is 0 Å². The smallest absolute Gasteiger partial charge is 0.266 e. The molecule has 1 N–H and O–H groups in total. The van der Waals surface area contributed by atoms with Gasteiger partial charge in [-0.3, -0.25) is 4.79 Å². The van der Waals surface area contributed by atoms with Crippen molar-refractivity contribution in [3.05, 3.63) is 80.6 Å². The highest BCUT2D eigenvalue weighted by molar-refractivity contribution is 6.32. The van der Waals surface area contributed by atoms with Gasteiger partial charge in [0.2, 0.25) is 0 Å². The number of ether oxygens (including phenoxy) is 1. The summed E-state index contributed by atoms with van der Waals surface area (Å²) in [6.45, 7) is 4.06. The summed E-state index contributed by atoms with van der Waals surface area (Å²) in [5.74, 6) is -0.195.